The Kier molecular flexibility index (Phi) is 2.37. The highest BCUT2D eigenvalue weighted by atomic mass is 19.3. The molecule has 0 amide bonds. The molecule has 0 atom stereocenters. The summed E-state index contributed by atoms with van der Waals surface area (Å²) in [7, 11) is 0. The van der Waals surface area contributed by atoms with Gasteiger partial charge in [-0.05, 0) is 0 Å². The van der Waals surface area contributed by atoms with Crippen molar-refractivity contribution < 1.29 is 4.08 Å². The van der Waals surface area contributed by atoms with Crippen LogP contribution in [-0.4, -0.2) is 0 Å². The van der Waals surface area contributed by atoms with Crippen LogP contribution >= 0.6 is 0 Å². The van der Waals surface area contributed by atoms with Crippen molar-refractivity contribution in [1.82, 2.24) is 0 Å². The maximum Gasteiger partial charge on any atom is 0.319 e. The molecule has 64 valence electrons. The lowest BCUT2D eigenvalue weighted by Crippen LogP contribution is -1.90. The quantitative estimate of drug-likeness (QED) is 0.655. The normalized spacial score (nSPS) is 9.85. The van der Waals surface area contributed by atoms with Gasteiger partial charge in [-0.1, -0.05) is 36.4 Å². The lowest BCUT2D eigenvalue weighted by Gasteiger charge is -1.86. The third-order valence-electron chi connectivity index (χ3n) is 1.68. The smallest absolute Gasteiger partial charge is 0.119 e. The van der Waals surface area contributed by atoms with E-state index >= 15 is 0 Å². The molecule has 0 heterocycles. The molecule has 0 aromatic heterocycles. The first-order valence-electron chi connectivity index (χ1n) is 4.20. The first-order valence-corrected chi connectivity index (χ1v) is 4.20. The fourth-order valence-electron chi connectivity index (χ4n) is 1.08. The van der Waals surface area contributed by atoms with Crippen LogP contribution in [0.4, 0.5) is 0 Å². The van der Waals surface area contributed by atoms with Gasteiger partial charge in [0.25, 0.3) is 0 Å². The Bertz CT molecular complexity index is 316. The zero-order chi connectivity index (χ0) is 8.93. The van der Waals surface area contributed by atoms with Crippen molar-refractivity contribution in [3.05, 3.63) is 72.3 Å². The van der Waals surface area contributed by atoms with Gasteiger partial charge in [0.05, 0.1) is 0 Å². The molecule has 0 aliphatic carbocycles. The Balaban J connectivity index is 2.16. The second-order valence-electron chi connectivity index (χ2n) is 2.69. The molecule has 2 aromatic rings. The summed E-state index contributed by atoms with van der Waals surface area (Å²) in [6.45, 7) is 0. The summed E-state index contributed by atoms with van der Waals surface area (Å²) >= 11 is 0. The van der Waals surface area contributed by atoms with Crippen LogP contribution in [0.5, 0.6) is 0 Å². The molecule has 2 aromatic carbocycles. The summed E-state index contributed by atoms with van der Waals surface area (Å²) in [4.78, 5) is 0. The van der Waals surface area contributed by atoms with Crippen LogP contribution in [0.25, 0.3) is 0 Å². The van der Waals surface area contributed by atoms with Crippen LogP contribution < -0.4 is 0 Å². The van der Waals surface area contributed by atoms with Gasteiger partial charge in [-0.3, -0.25) is 0 Å². The molecule has 2 rings (SSSR count). The SMILES string of the molecule is c1ccc([F+]c2ccccc2)cc1. The predicted molar refractivity (Wildman–Crippen MR) is 50.6 cm³/mol. The fourth-order valence-corrected chi connectivity index (χ4v) is 1.08. The average Bonchev–Trinajstić information content (AvgIpc) is 2.21. The van der Waals surface area contributed by atoms with Gasteiger partial charge in [0.15, 0.2) is 0 Å². The zero-order valence-corrected chi connectivity index (χ0v) is 7.15. The van der Waals surface area contributed by atoms with Crippen LogP contribution in [0.3, 0.4) is 0 Å². The van der Waals surface area contributed by atoms with Gasteiger partial charge in [0.1, 0.15) is 0 Å². The van der Waals surface area contributed by atoms with E-state index in [0.717, 1.165) is 11.6 Å². The van der Waals surface area contributed by atoms with Gasteiger partial charge >= 0.3 is 11.6 Å². The fraction of sp³-hybridized carbons (Fsp3) is 0. The molecule has 0 saturated carbocycles. The van der Waals surface area contributed by atoms with Gasteiger partial charge < -0.3 is 0 Å². The second kappa shape index (κ2) is 3.85. The van der Waals surface area contributed by atoms with Crippen LogP contribution in [-0.2, 0) is 0 Å². The Morgan fingerprint density at radius 1 is 0.538 bits per heavy atom. The van der Waals surface area contributed by atoms with E-state index in [1.807, 2.05) is 60.7 Å². The van der Waals surface area contributed by atoms with Gasteiger partial charge in [0.2, 0.25) is 0 Å². The molecule has 0 aliphatic rings. The van der Waals surface area contributed by atoms with Gasteiger partial charge in [-0.2, -0.15) is 0 Å². The van der Waals surface area contributed by atoms with Crippen LogP contribution in [0.2, 0.25) is 0 Å². The highest BCUT2D eigenvalue weighted by Gasteiger charge is 2.08. The summed E-state index contributed by atoms with van der Waals surface area (Å²) in [5.74, 6) is 1.49. The van der Waals surface area contributed by atoms with E-state index < -0.39 is 0 Å². The second-order valence-corrected chi connectivity index (χ2v) is 2.69. The van der Waals surface area contributed by atoms with E-state index in [0.29, 0.717) is 0 Å². The minimum Gasteiger partial charge on any atom is -0.119 e. The predicted octanol–water partition coefficient (Wildman–Crippen LogP) is 2.81. The first-order chi connectivity index (χ1) is 6.45. The number of benzene rings is 2. The van der Waals surface area contributed by atoms with E-state index in [9.17, 15) is 0 Å². The Hall–Kier alpha value is -1.63. The number of rotatable bonds is 2. The number of halogens is 1. The Morgan fingerprint density at radius 3 is 1.31 bits per heavy atom. The highest BCUT2D eigenvalue weighted by Crippen LogP contribution is 2.03. The van der Waals surface area contributed by atoms with Crippen molar-refractivity contribution in [2.24, 2.45) is 0 Å². The topological polar surface area (TPSA) is 0 Å². The van der Waals surface area contributed by atoms with E-state index in [4.69, 9.17) is 4.08 Å². The molecule has 13 heavy (non-hydrogen) atoms. The lowest BCUT2D eigenvalue weighted by atomic mass is 10.3. The summed E-state index contributed by atoms with van der Waals surface area (Å²) in [5, 5.41) is 0. The average molecular weight is 173 g/mol. The molecule has 0 saturated heterocycles. The number of hydrogen-bond donors (Lipinski definition) is 0. The molecule has 0 radical (unpaired) electrons. The van der Waals surface area contributed by atoms with E-state index in [1.165, 1.54) is 0 Å². The van der Waals surface area contributed by atoms with Crippen LogP contribution in [0.15, 0.2) is 60.7 Å². The Morgan fingerprint density at radius 2 is 0.923 bits per heavy atom. The molecule has 0 aliphatic heterocycles. The van der Waals surface area contributed by atoms with Gasteiger partial charge in [-0.15, -0.1) is 4.08 Å². The molecule has 1 heteroatoms. The standard InChI is InChI=1S/C12H10F/c1-3-7-11(8-4-1)13-12-9-5-2-6-10-12/h1-10H/q+1. The molecule has 0 unspecified atom stereocenters. The van der Waals surface area contributed by atoms with Crippen molar-refractivity contribution in [3.63, 3.8) is 0 Å². The van der Waals surface area contributed by atoms with Gasteiger partial charge in [-0.25, -0.2) is 0 Å². The van der Waals surface area contributed by atoms with Crippen molar-refractivity contribution >= 4 is 0 Å². The monoisotopic (exact) mass is 173 g/mol. The summed E-state index contributed by atoms with van der Waals surface area (Å²) < 4.78 is 6.72. The molecule has 0 spiro atoms. The van der Waals surface area contributed by atoms with Crippen LogP contribution in [0.1, 0.15) is 0 Å². The maximum atomic E-state index is 6.72. The largest absolute Gasteiger partial charge is 0.319 e. The van der Waals surface area contributed by atoms with E-state index in [-0.39, 0.29) is 0 Å². The highest BCUT2D eigenvalue weighted by molar-refractivity contribution is 5.05. The van der Waals surface area contributed by atoms with Crippen molar-refractivity contribution in [2.45, 2.75) is 0 Å². The molecular formula is C12H10F+. The summed E-state index contributed by atoms with van der Waals surface area (Å²) in [5.41, 5.74) is 0. The summed E-state index contributed by atoms with van der Waals surface area (Å²) in [6.07, 6.45) is 0. The molecule has 0 nitrogen and oxygen atoms in total. The van der Waals surface area contributed by atoms with Gasteiger partial charge in [0, 0.05) is 24.3 Å². The van der Waals surface area contributed by atoms with E-state index in [1.54, 1.807) is 0 Å². The zero-order valence-electron chi connectivity index (χ0n) is 7.15. The van der Waals surface area contributed by atoms with E-state index in [2.05, 4.69) is 0 Å². The summed E-state index contributed by atoms with van der Waals surface area (Å²) in [6, 6.07) is 19.1. The number of hydrogen-bond acceptors (Lipinski definition) is 0. The molecular weight excluding hydrogens is 163 g/mol. The van der Waals surface area contributed by atoms with Crippen LogP contribution in [0, 0.1) is 15.7 Å². The van der Waals surface area contributed by atoms with Crippen molar-refractivity contribution in [2.75, 3.05) is 0 Å². The first kappa shape index (κ1) is 7.99. The van der Waals surface area contributed by atoms with Crippen molar-refractivity contribution in [3.8, 4) is 0 Å². The third-order valence-corrected chi connectivity index (χ3v) is 1.68. The minimum absolute atomic E-state index is 0.744. The maximum absolute atomic E-state index is 6.72. The molecule has 0 fully saturated rings. The third kappa shape index (κ3) is 2.15. The minimum atomic E-state index is 0.744. The molecule has 0 N–H and O–H groups in total. The Labute approximate surface area is 77.1 Å². The molecule has 0 bridgehead atoms. The van der Waals surface area contributed by atoms with Crippen molar-refractivity contribution in [1.29, 1.82) is 0 Å². The lowest BCUT2D eigenvalue weighted by molar-refractivity contribution is -0.575.